The second kappa shape index (κ2) is 6.71. The minimum atomic E-state index is -3.64. The molecule has 1 aromatic rings. The van der Waals surface area contributed by atoms with E-state index >= 15 is 0 Å². The van der Waals surface area contributed by atoms with Crippen LogP contribution in [0, 0.1) is 5.92 Å². The van der Waals surface area contributed by atoms with Crippen molar-refractivity contribution in [3.05, 3.63) is 29.8 Å². The number of ether oxygens (including phenoxy) is 1. The van der Waals surface area contributed by atoms with Gasteiger partial charge in [-0.3, -0.25) is 4.79 Å². The molecular weight excluding hydrogens is 280 g/mol. The van der Waals surface area contributed by atoms with Gasteiger partial charge in [-0.1, -0.05) is 26.0 Å². The van der Waals surface area contributed by atoms with Crippen LogP contribution in [0.4, 0.5) is 5.69 Å². The lowest BCUT2D eigenvalue weighted by molar-refractivity contribution is -0.143. The zero-order chi connectivity index (χ0) is 15.3. The Hall–Kier alpha value is -1.60. The third-order valence-electron chi connectivity index (χ3n) is 2.76. The van der Waals surface area contributed by atoms with Crippen molar-refractivity contribution in [3.63, 3.8) is 0 Å². The molecule has 1 aromatic carbocycles. The van der Waals surface area contributed by atoms with Crippen LogP contribution in [0.25, 0.3) is 0 Å². The number of nitrogen functional groups attached to an aromatic ring is 1. The highest BCUT2D eigenvalue weighted by Crippen LogP contribution is 2.11. The van der Waals surface area contributed by atoms with Crippen molar-refractivity contribution in [1.29, 1.82) is 0 Å². The van der Waals surface area contributed by atoms with Crippen LogP contribution in [0.3, 0.4) is 0 Å². The van der Waals surface area contributed by atoms with Crippen LogP contribution >= 0.6 is 0 Å². The molecule has 0 bridgehead atoms. The number of nitrogens with two attached hydrogens (primary N) is 1. The van der Waals surface area contributed by atoms with Crippen LogP contribution in [0.5, 0.6) is 0 Å². The summed E-state index contributed by atoms with van der Waals surface area (Å²) in [7, 11) is -2.41. The Morgan fingerprint density at radius 3 is 2.30 bits per heavy atom. The molecule has 0 radical (unpaired) electrons. The number of carbonyl (C=O) groups excluding carboxylic acids is 1. The molecule has 0 heterocycles. The molecule has 0 aliphatic heterocycles. The normalized spacial score (nSPS) is 13.2. The van der Waals surface area contributed by atoms with Gasteiger partial charge in [0.2, 0.25) is 10.0 Å². The summed E-state index contributed by atoms with van der Waals surface area (Å²) in [5.41, 5.74) is 6.70. The molecular formula is C13H20N2O4S. The first-order valence-electron chi connectivity index (χ1n) is 6.17. The van der Waals surface area contributed by atoms with Crippen molar-refractivity contribution in [2.75, 3.05) is 12.8 Å². The molecule has 0 aromatic heterocycles. The Kier molecular flexibility index (Phi) is 5.52. The molecule has 1 rings (SSSR count). The maximum atomic E-state index is 12.1. The molecule has 0 spiro atoms. The van der Waals surface area contributed by atoms with E-state index in [1.165, 1.54) is 7.11 Å². The second-order valence-electron chi connectivity index (χ2n) is 4.86. The summed E-state index contributed by atoms with van der Waals surface area (Å²) < 4.78 is 31.1. The molecule has 0 saturated carbocycles. The summed E-state index contributed by atoms with van der Waals surface area (Å²) in [5.74, 6) is -1.02. The van der Waals surface area contributed by atoms with Gasteiger partial charge in [-0.05, 0) is 23.6 Å². The molecule has 0 amide bonds. The maximum Gasteiger partial charge on any atom is 0.324 e. The lowest BCUT2D eigenvalue weighted by atomic mass is 10.1. The molecule has 6 nitrogen and oxygen atoms in total. The summed E-state index contributed by atoms with van der Waals surface area (Å²) in [6.45, 7) is 3.49. The quantitative estimate of drug-likeness (QED) is 0.600. The fourth-order valence-corrected chi connectivity index (χ4v) is 3.12. The van der Waals surface area contributed by atoms with Crippen LogP contribution < -0.4 is 10.5 Å². The number of hydrogen-bond acceptors (Lipinski definition) is 5. The van der Waals surface area contributed by atoms with Crippen LogP contribution in [0.15, 0.2) is 24.3 Å². The number of carbonyl (C=O) groups is 1. The minimum absolute atomic E-state index is 0.205. The van der Waals surface area contributed by atoms with E-state index in [2.05, 4.69) is 9.46 Å². The molecule has 112 valence electrons. The molecule has 0 aliphatic rings. The third kappa shape index (κ3) is 4.82. The number of esters is 1. The maximum absolute atomic E-state index is 12.1. The largest absolute Gasteiger partial charge is 0.468 e. The van der Waals surface area contributed by atoms with Crippen LogP contribution in [0.2, 0.25) is 0 Å². The smallest absolute Gasteiger partial charge is 0.324 e. The van der Waals surface area contributed by atoms with E-state index in [1.54, 1.807) is 38.1 Å². The number of benzene rings is 1. The number of nitrogens with one attached hydrogen (secondary N) is 1. The van der Waals surface area contributed by atoms with Gasteiger partial charge in [-0.25, -0.2) is 13.1 Å². The van der Waals surface area contributed by atoms with Gasteiger partial charge >= 0.3 is 5.97 Å². The van der Waals surface area contributed by atoms with Crippen molar-refractivity contribution >= 4 is 21.7 Å². The fraction of sp³-hybridized carbons (Fsp3) is 0.462. The van der Waals surface area contributed by atoms with Gasteiger partial charge in [0.1, 0.15) is 6.04 Å². The summed E-state index contributed by atoms with van der Waals surface area (Å²) in [4.78, 5) is 11.6. The summed E-state index contributed by atoms with van der Waals surface area (Å²) >= 11 is 0. The number of sulfonamides is 1. The Balaban J connectivity index is 2.82. The first kappa shape index (κ1) is 16.5. The van der Waals surface area contributed by atoms with Crippen LogP contribution in [-0.2, 0) is 25.3 Å². The highest BCUT2D eigenvalue weighted by atomic mass is 32.2. The lowest BCUT2D eigenvalue weighted by Crippen LogP contribution is -2.45. The van der Waals surface area contributed by atoms with Gasteiger partial charge in [0.15, 0.2) is 0 Å². The van der Waals surface area contributed by atoms with Gasteiger partial charge in [0.25, 0.3) is 0 Å². The number of hydrogen-bond donors (Lipinski definition) is 2. The average Bonchev–Trinajstić information content (AvgIpc) is 2.37. The number of rotatable bonds is 6. The molecule has 7 heteroatoms. The molecule has 1 atom stereocenters. The summed E-state index contributed by atoms with van der Waals surface area (Å²) in [6, 6.07) is 5.64. The predicted molar refractivity (Wildman–Crippen MR) is 77.3 cm³/mol. The lowest BCUT2D eigenvalue weighted by Gasteiger charge is -2.19. The molecule has 0 aliphatic carbocycles. The number of methoxy groups -OCH3 is 1. The van der Waals surface area contributed by atoms with Crippen molar-refractivity contribution in [3.8, 4) is 0 Å². The highest BCUT2D eigenvalue weighted by molar-refractivity contribution is 7.88. The van der Waals surface area contributed by atoms with E-state index in [1.807, 2.05) is 0 Å². The Morgan fingerprint density at radius 1 is 1.30 bits per heavy atom. The predicted octanol–water partition coefficient (Wildman–Crippen LogP) is 0.886. The van der Waals surface area contributed by atoms with Gasteiger partial charge in [-0.15, -0.1) is 0 Å². The van der Waals surface area contributed by atoms with Crippen LogP contribution in [-0.4, -0.2) is 27.5 Å². The van der Waals surface area contributed by atoms with Crippen molar-refractivity contribution in [2.24, 2.45) is 5.92 Å². The summed E-state index contributed by atoms with van der Waals surface area (Å²) in [5, 5.41) is 0. The SMILES string of the molecule is COC(=O)C(NS(=O)(=O)Cc1ccc(N)cc1)C(C)C. The molecule has 20 heavy (non-hydrogen) atoms. The number of anilines is 1. The molecule has 3 N–H and O–H groups in total. The molecule has 0 saturated heterocycles. The van der Waals surface area contributed by atoms with E-state index < -0.39 is 22.0 Å². The minimum Gasteiger partial charge on any atom is -0.468 e. The fourth-order valence-electron chi connectivity index (χ4n) is 1.65. The molecule has 0 fully saturated rings. The first-order valence-corrected chi connectivity index (χ1v) is 7.82. The van der Waals surface area contributed by atoms with Gasteiger partial charge < -0.3 is 10.5 Å². The zero-order valence-electron chi connectivity index (χ0n) is 11.8. The zero-order valence-corrected chi connectivity index (χ0v) is 12.6. The van der Waals surface area contributed by atoms with Crippen molar-refractivity contribution in [1.82, 2.24) is 4.72 Å². The Morgan fingerprint density at radius 2 is 1.85 bits per heavy atom. The highest BCUT2D eigenvalue weighted by Gasteiger charge is 2.28. The Labute approximate surface area is 119 Å². The van der Waals surface area contributed by atoms with E-state index in [0.717, 1.165) is 0 Å². The standard InChI is InChI=1S/C13H20N2O4S/c1-9(2)12(13(16)19-3)15-20(17,18)8-10-4-6-11(14)7-5-10/h4-7,9,12,15H,8,14H2,1-3H3. The summed E-state index contributed by atoms with van der Waals surface area (Å²) in [6.07, 6.45) is 0. The topological polar surface area (TPSA) is 98.5 Å². The van der Waals surface area contributed by atoms with E-state index in [-0.39, 0.29) is 11.7 Å². The van der Waals surface area contributed by atoms with Crippen molar-refractivity contribution < 1.29 is 17.9 Å². The van der Waals surface area contributed by atoms with Gasteiger partial charge in [-0.2, -0.15) is 0 Å². The van der Waals surface area contributed by atoms with E-state index in [4.69, 9.17) is 5.73 Å². The molecule has 1 unspecified atom stereocenters. The first-order chi connectivity index (χ1) is 9.25. The van der Waals surface area contributed by atoms with E-state index in [9.17, 15) is 13.2 Å². The Bertz CT molecular complexity index is 552. The average molecular weight is 300 g/mol. The van der Waals surface area contributed by atoms with Crippen molar-refractivity contribution in [2.45, 2.75) is 25.6 Å². The van der Waals surface area contributed by atoms with Gasteiger partial charge in [0.05, 0.1) is 12.9 Å². The third-order valence-corrected chi connectivity index (χ3v) is 4.09. The van der Waals surface area contributed by atoms with Crippen LogP contribution in [0.1, 0.15) is 19.4 Å². The monoisotopic (exact) mass is 300 g/mol. The second-order valence-corrected chi connectivity index (χ2v) is 6.62. The van der Waals surface area contributed by atoms with Gasteiger partial charge in [0, 0.05) is 5.69 Å². The van der Waals surface area contributed by atoms with E-state index in [0.29, 0.717) is 11.3 Å².